The van der Waals surface area contributed by atoms with E-state index < -0.39 is 6.04 Å². The summed E-state index contributed by atoms with van der Waals surface area (Å²) in [6, 6.07) is -0.403. The van der Waals surface area contributed by atoms with Crippen molar-refractivity contribution in [2.24, 2.45) is 0 Å². The molecular weight excluding hydrogens is 304 g/mol. The molecule has 1 aliphatic carbocycles. The minimum Gasteiger partial charge on any atom is -0.361 e. The van der Waals surface area contributed by atoms with E-state index in [2.05, 4.69) is 10.3 Å². The highest BCUT2D eigenvalue weighted by atomic mass is 35.5. The zero-order chi connectivity index (χ0) is 15.7. The van der Waals surface area contributed by atoms with Crippen molar-refractivity contribution in [1.82, 2.24) is 19.8 Å². The molecule has 3 rings (SSSR count). The molecule has 1 amide bonds. The smallest absolute Gasteiger partial charge is 0.247 e. The van der Waals surface area contributed by atoms with Crippen LogP contribution in [-0.4, -0.2) is 32.8 Å². The Balaban J connectivity index is 1.70. The maximum absolute atomic E-state index is 12.5. The first-order valence-corrected chi connectivity index (χ1v) is 7.85. The predicted molar refractivity (Wildman–Crippen MR) is 81.6 cm³/mol. The summed E-state index contributed by atoms with van der Waals surface area (Å²) < 4.78 is 6.96. The van der Waals surface area contributed by atoms with E-state index in [-0.39, 0.29) is 5.91 Å². The number of carbonyl (C=O) groups is 1. The van der Waals surface area contributed by atoms with Gasteiger partial charge in [0.25, 0.3) is 0 Å². The third-order valence-corrected chi connectivity index (χ3v) is 4.31. The number of rotatable bonds is 4. The average molecular weight is 323 g/mol. The number of hydrogen-bond acceptors (Lipinski definition) is 4. The first-order chi connectivity index (χ1) is 10.6. The molecule has 0 N–H and O–H groups in total. The average Bonchev–Trinajstić information content (AvgIpc) is 3.13. The van der Waals surface area contributed by atoms with Gasteiger partial charge in [-0.2, -0.15) is 5.10 Å². The summed E-state index contributed by atoms with van der Waals surface area (Å²) in [5, 5.41) is 8.75. The van der Waals surface area contributed by atoms with Crippen molar-refractivity contribution in [3.05, 3.63) is 34.4 Å². The van der Waals surface area contributed by atoms with Crippen LogP contribution in [0.3, 0.4) is 0 Å². The molecule has 0 bridgehead atoms. The van der Waals surface area contributed by atoms with Crippen molar-refractivity contribution in [2.45, 2.75) is 45.2 Å². The molecule has 2 aromatic heterocycles. The number of halogens is 1. The molecule has 1 atom stereocenters. The summed E-state index contributed by atoms with van der Waals surface area (Å²) in [4.78, 5) is 14.2. The van der Waals surface area contributed by atoms with Crippen LogP contribution in [0, 0.1) is 0 Å². The fourth-order valence-corrected chi connectivity index (χ4v) is 2.98. The highest BCUT2D eigenvalue weighted by molar-refractivity contribution is 6.30. The number of hydrogen-bond donors (Lipinski definition) is 0. The summed E-state index contributed by atoms with van der Waals surface area (Å²) in [5.74, 6) is 0.946. The van der Waals surface area contributed by atoms with Gasteiger partial charge in [-0.1, -0.05) is 16.8 Å². The molecule has 0 saturated heterocycles. The van der Waals surface area contributed by atoms with Gasteiger partial charge in [-0.15, -0.1) is 0 Å². The van der Waals surface area contributed by atoms with E-state index in [0.29, 0.717) is 11.6 Å². The zero-order valence-electron chi connectivity index (χ0n) is 12.8. The Labute approximate surface area is 134 Å². The van der Waals surface area contributed by atoms with Crippen molar-refractivity contribution in [3.63, 3.8) is 0 Å². The lowest BCUT2D eigenvalue weighted by atomic mass is 9.96. The van der Waals surface area contributed by atoms with Gasteiger partial charge in [-0.25, -0.2) is 0 Å². The van der Waals surface area contributed by atoms with Crippen LogP contribution in [0.2, 0.25) is 5.02 Å². The van der Waals surface area contributed by atoms with E-state index in [9.17, 15) is 4.79 Å². The molecule has 1 aliphatic rings. The van der Waals surface area contributed by atoms with Crippen molar-refractivity contribution in [1.29, 1.82) is 0 Å². The van der Waals surface area contributed by atoms with Gasteiger partial charge in [0.1, 0.15) is 17.5 Å². The third kappa shape index (κ3) is 2.88. The second-order valence-corrected chi connectivity index (χ2v) is 6.18. The largest absolute Gasteiger partial charge is 0.361 e. The number of aromatic nitrogens is 3. The quantitative estimate of drug-likeness (QED) is 0.868. The molecule has 0 spiro atoms. The first-order valence-electron chi connectivity index (χ1n) is 7.47. The Bertz CT molecular complexity index is 679. The number of fused-ring (bicyclic) bond motifs is 1. The topological polar surface area (TPSA) is 64.2 Å². The third-order valence-electron chi connectivity index (χ3n) is 4.12. The van der Waals surface area contributed by atoms with E-state index >= 15 is 0 Å². The maximum atomic E-state index is 12.5. The highest BCUT2D eigenvalue weighted by Crippen LogP contribution is 2.25. The van der Waals surface area contributed by atoms with Crippen LogP contribution in [0.15, 0.2) is 16.9 Å². The van der Waals surface area contributed by atoms with Crippen molar-refractivity contribution >= 4 is 17.5 Å². The Hall–Kier alpha value is -1.82. The van der Waals surface area contributed by atoms with Crippen LogP contribution < -0.4 is 0 Å². The van der Waals surface area contributed by atoms with E-state index in [4.69, 9.17) is 16.1 Å². The van der Waals surface area contributed by atoms with Crippen LogP contribution in [-0.2, 0) is 24.2 Å². The van der Waals surface area contributed by atoms with Gasteiger partial charge in [0.05, 0.1) is 17.8 Å². The molecule has 2 aromatic rings. The van der Waals surface area contributed by atoms with E-state index in [1.54, 1.807) is 29.7 Å². The second-order valence-electron chi connectivity index (χ2n) is 5.75. The summed E-state index contributed by atoms with van der Waals surface area (Å²) >= 11 is 5.85. The lowest BCUT2D eigenvalue weighted by molar-refractivity contribution is -0.133. The van der Waals surface area contributed by atoms with Gasteiger partial charge >= 0.3 is 0 Å². The van der Waals surface area contributed by atoms with Gasteiger partial charge in [0.2, 0.25) is 5.91 Å². The molecule has 0 unspecified atom stereocenters. The van der Waals surface area contributed by atoms with E-state index in [1.807, 2.05) is 0 Å². The Morgan fingerprint density at radius 1 is 1.50 bits per heavy atom. The van der Waals surface area contributed by atoms with E-state index in [0.717, 1.165) is 37.1 Å². The molecule has 0 fully saturated rings. The number of likely N-dealkylation sites (N-methyl/N-ethyl adjacent to an activating group) is 1. The minimum atomic E-state index is -0.403. The standard InChI is InChI=1S/C15H19ClN4O2/c1-10(20-8-11(16)7-17-20)15(21)19(2)9-13-12-5-3-4-6-14(12)22-18-13/h7-8,10H,3-6,9H2,1-2H3/t10-/m0/s1. The van der Waals surface area contributed by atoms with Crippen molar-refractivity contribution in [2.75, 3.05) is 7.05 Å². The van der Waals surface area contributed by atoms with Crippen LogP contribution in [0.4, 0.5) is 0 Å². The molecule has 0 aliphatic heterocycles. The van der Waals surface area contributed by atoms with Gasteiger partial charge in [-0.3, -0.25) is 9.48 Å². The molecule has 118 valence electrons. The fourth-order valence-electron chi connectivity index (χ4n) is 2.83. The molecule has 6 nitrogen and oxygen atoms in total. The van der Waals surface area contributed by atoms with Gasteiger partial charge in [0.15, 0.2) is 0 Å². The Morgan fingerprint density at radius 2 is 2.27 bits per heavy atom. The normalized spacial score (nSPS) is 15.4. The minimum absolute atomic E-state index is 0.0349. The number of carbonyl (C=O) groups excluding carboxylic acids is 1. The van der Waals surface area contributed by atoms with Gasteiger partial charge < -0.3 is 9.42 Å². The van der Waals surface area contributed by atoms with Gasteiger partial charge in [-0.05, 0) is 26.2 Å². The molecule has 22 heavy (non-hydrogen) atoms. The first kappa shape index (κ1) is 15.1. The summed E-state index contributed by atoms with van der Waals surface area (Å²) in [5.41, 5.74) is 2.05. The number of nitrogens with zero attached hydrogens (tertiary/aromatic N) is 4. The predicted octanol–water partition coefficient (Wildman–Crippen LogP) is 2.62. The molecular formula is C15H19ClN4O2. The maximum Gasteiger partial charge on any atom is 0.247 e. The van der Waals surface area contributed by atoms with Gasteiger partial charge in [0, 0.05) is 25.2 Å². The van der Waals surface area contributed by atoms with Crippen LogP contribution in [0.5, 0.6) is 0 Å². The van der Waals surface area contributed by atoms with Crippen molar-refractivity contribution in [3.8, 4) is 0 Å². The highest BCUT2D eigenvalue weighted by Gasteiger charge is 2.24. The zero-order valence-corrected chi connectivity index (χ0v) is 13.5. The Kier molecular flexibility index (Phi) is 4.20. The monoisotopic (exact) mass is 322 g/mol. The van der Waals surface area contributed by atoms with E-state index in [1.165, 1.54) is 11.8 Å². The van der Waals surface area contributed by atoms with Crippen LogP contribution in [0.1, 0.15) is 42.8 Å². The number of amides is 1. The second kappa shape index (κ2) is 6.12. The van der Waals surface area contributed by atoms with Crippen molar-refractivity contribution < 1.29 is 9.32 Å². The fraction of sp³-hybridized carbons (Fsp3) is 0.533. The summed E-state index contributed by atoms with van der Waals surface area (Å²) in [6.07, 6.45) is 7.41. The summed E-state index contributed by atoms with van der Waals surface area (Å²) in [6.45, 7) is 2.26. The van der Waals surface area contributed by atoms with Crippen LogP contribution in [0.25, 0.3) is 0 Å². The lowest BCUT2D eigenvalue weighted by Gasteiger charge is -2.21. The Morgan fingerprint density at radius 3 is 3.00 bits per heavy atom. The number of aryl methyl sites for hydroxylation is 1. The molecule has 2 heterocycles. The molecule has 0 saturated carbocycles. The van der Waals surface area contributed by atoms with Crippen LogP contribution >= 0.6 is 11.6 Å². The molecule has 0 radical (unpaired) electrons. The molecule has 7 heteroatoms. The SMILES string of the molecule is C[C@@H](C(=O)N(C)Cc1noc2c1CCCC2)n1cc(Cl)cn1. The molecule has 0 aromatic carbocycles. The lowest BCUT2D eigenvalue weighted by Crippen LogP contribution is -2.33. The summed E-state index contributed by atoms with van der Waals surface area (Å²) in [7, 11) is 1.77.